The van der Waals surface area contributed by atoms with E-state index in [-0.39, 0.29) is 23.8 Å². The third kappa shape index (κ3) is 5.12. The average molecular weight is 490 g/mol. The second kappa shape index (κ2) is 10.00. The van der Waals surface area contributed by atoms with Crippen molar-refractivity contribution in [3.8, 4) is 0 Å². The molecule has 7 nitrogen and oxygen atoms in total. The van der Waals surface area contributed by atoms with Gasteiger partial charge in [0.25, 0.3) is 5.91 Å². The summed E-state index contributed by atoms with van der Waals surface area (Å²) in [5.41, 5.74) is 4.55. The van der Waals surface area contributed by atoms with Crippen LogP contribution in [0.3, 0.4) is 0 Å². The van der Waals surface area contributed by atoms with E-state index in [4.69, 9.17) is 4.98 Å². The topological polar surface area (TPSA) is 80.1 Å². The van der Waals surface area contributed by atoms with Crippen LogP contribution in [0.1, 0.15) is 59.3 Å². The summed E-state index contributed by atoms with van der Waals surface area (Å²) >= 11 is 1.55. The Morgan fingerprint density at radius 1 is 1.09 bits per heavy atom. The monoisotopic (exact) mass is 489 g/mol. The standard InChI is InChI=1S/C27H31N5O2S/c1-16(2)25(33)30-21-12-22(27(34)31(6)18(4)26-28-17(3)15-35-26)24-23(13-21)29-19(5)32(24)14-20-10-8-7-9-11-20/h7-13,15-16,18H,14H2,1-6H3,(H,30,33). The number of imidazole rings is 1. The number of hydrogen-bond acceptors (Lipinski definition) is 5. The molecule has 35 heavy (non-hydrogen) atoms. The van der Waals surface area contributed by atoms with Crippen molar-refractivity contribution in [2.75, 3.05) is 12.4 Å². The second-order valence-electron chi connectivity index (χ2n) is 9.19. The molecule has 1 N–H and O–H groups in total. The summed E-state index contributed by atoms with van der Waals surface area (Å²) in [7, 11) is 1.79. The fourth-order valence-electron chi connectivity index (χ4n) is 3.96. The summed E-state index contributed by atoms with van der Waals surface area (Å²) in [6.07, 6.45) is 0. The maximum Gasteiger partial charge on any atom is 0.256 e. The quantitative estimate of drug-likeness (QED) is 0.367. The highest BCUT2D eigenvalue weighted by molar-refractivity contribution is 7.09. The summed E-state index contributed by atoms with van der Waals surface area (Å²) in [4.78, 5) is 37.4. The van der Waals surface area contributed by atoms with Crippen LogP contribution in [0.25, 0.3) is 11.0 Å². The number of rotatable bonds is 7. The number of amides is 2. The van der Waals surface area contributed by atoms with Gasteiger partial charge in [0.1, 0.15) is 10.8 Å². The van der Waals surface area contributed by atoms with Crippen LogP contribution in [0.5, 0.6) is 0 Å². The lowest BCUT2D eigenvalue weighted by molar-refractivity contribution is -0.118. The van der Waals surface area contributed by atoms with Gasteiger partial charge in [-0.05, 0) is 38.5 Å². The highest BCUT2D eigenvalue weighted by atomic mass is 32.1. The van der Waals surface area contributed by atoms with Gasteiger partial charge in [0.15, 0.2) is 0 Å². The van der Waals surface area contributed by atoms with Crippen LogP contribution in [0.4, 0.5) is 5.69 Å². The van der Waals surface area contributed by atoms with Crippen molar-refractivity contribution in [3.63, 3.8) is 0 Å². The lowest BCUT2D eigenvalue weighted by Gasteiger charge is -2.24. The van der Waals surface area contributed by atoms with Gasteiger partial charge in [0, 0.05) is 36.3 Å². The summed E-state index contributed by atoms with van der Waals surface area (Å²) < 4.78 is 2.07. The number of carbonyl (C=O) groups is 2. The predicted molar refractivity (Wildman–Crippen MR) is 141 cm³/mol. The third-order valence-corrected chi connectivity index (χ3v) is 7.27. The first-order chi connectivity index (χ1) is 16.7. The van der Waals surface area contributed by atoms with E-state index in [0.29, 0.717) is 23.3 Å². The molecule has 0 saturated carbocycles. The SMILES string of the molecule is Cc1csc(C(C)N(C)C(=O)c2cc(NC(=O)C(C)C)cc3nc(C)n(Cc4ccccc4)c23)n1. The summed E-state index contributed by atoms with van der Waals surface area (Å²) in [5, 5.41) is 5.81. The molecular weight excluding hydrogens is 458 g/mol. The molecule has 0 aliphatic carbocycles. The fourth-order valence-corrected chi connectivity index (χ4v) is 4.86. The Hall–Kier alpha value is -3.52. The summed E-state index contributed by atoms with van der Waals surface area (Å²) in [6, 6.07) is 13.5. The van der Waals surface area contributed by atoms with E-state index in [9.17, 15) is 9.59 Å². The summed E-state index contributed by atoms with van der Waals surface area (Å²) in [5.74, 6) is 0.364. The number of benzene rings is 2. The summed E-state index contributed by atoms with van der Waals surface area (Å²) in [6.45, 7) is 10.1. The van der Waals surface area contributed by atoms with E-state index >= 15 is 0 Å². The molecule has 0 bridgehead atoms. The molecule has 2 aromatic heterocycles. The van der Waals surface area contributed by atoms with Gasteiger partial charge >= 0.3 is 0 Å². The number of carbonyl (C=O) groups excluding carboxylic acids is 2. The van der Waals surface area contributed by atoms with Gasteiger partial charge in [-0.3, -0.25) is 9.59 Å². The van der Waals surface area contributed by atoms with E-state index in [1.165, 1.54) is 0 Å². The zero-order valence-corrected chi connectivity index (χ0v) is 21.8. The van der Waals surface area contributed by atoms with Crippen LogP contribution in [0.2, 0.25) is 0 Å². The molecule has 4 rings (SSSR count). The molecule has 4 aromatic rings. The Morgan fingerprint density at radius 3 is 2.43 bits per heavy atom. The van der Waals surface area contributed by atoms with Gasteiger partial charge in [0.2, 0.25) is 5.91 Å². The number of aromatic nitrogens is 3. The van der Waals surface area contributed by atoms with Crippen LogP contribution >= 0.6 is 11.3 Å². The van der Waals surface area contributed by atoms with Crippen molar-refractivity contribution < 1.29 is 9.59 Å². The van der Waals surface area contributed by atoms with E-state index in [1.807, 2.05) is 64.3 Å². The Labute approximate surface area is 209 Å². The number of anilines is 1. The molecule has 0 spiro atoms. The van der Waals surface area contributed by atoms with Crippen LogP contribution in [0, 0.1) is 19.8 Å². The molecule has 0 aliphatic rings. The van der Waals surface area contributed by atoms with Gasteiger partial charge in [0.05, 0.1) is 22.6 Å². The van der Waals surface area contributed by atoms with Crippen molar-refractivity contribution in [1.29, 1.82) is 0 Å². The maximum atomic E-state index is 13.9. The van der Waals surface area contributed by atoms with Gasteiger partial charge in [-0.25, -0.2) is 9.97 Å². The second-order valence-corrected chi connectivity index (χ2v) is 10.1. The number of thiazole rings is 1. The van der Waals surface area contributed by atoms with E-state index in [2.05, 4.69) is 27.0 Å². The largest absolute Gasteiger partial charge is 0.332 e. The maximum absolute atomic E-state index is 13.9. The van der Waals surface area contributed by atoms with Crippen molar-refractivity contribution in [3.05, 3.63) is 75.5 Å². The van der Waals surface area contributed by atoms with Gasteiger partial charge < -0.3 is 14.8 Å². The first kappa shape index (κ1) is 24.6. The minimum Gasteiger partial charge on any atom is -0.332 e. The molecule has 0 radical (unpaired) electrons. The van der Waals surface area contributed by atoms with Crippen molar-refractivity contribution in [1.82, 2.24) is 19.4 Å². The molecule has 0 aliphatic heterocycles. The number of nitrogens with one attached hydrogen (secondary N) is 1. The molecule has 1 unspecified atom stereocenters. The zero-order chi connectivity index (χ0) is 25.3. The molecule has 0 saturated heterocycles. The Balaban J connectivity index is 1.82. The minimum absolute atomic E-state index is 0.108. The zero-order valence-electron chi connectivity index (χ0n) is 21.0. The molecule has 2 amide bonds. The number of fused-ring (bicyclic) bond motifs is 1. The molecule has 8 heteroatoms. The van der Waals surface area contributed by atoms with Crippen LogP contribution < -0.4 is 5.32 Å². The van der Waals surface area contributed by atoms with Crippen LogP contribution in [0.15, 0.2) is 47.8 Å². The smallest absolute Gasteiger partial charge is 0.256 e. The Bertz CT molecular complexity index is 1370. The third-order valence-electron chi connectivity index (χ3n) is 6.13. The molecule has 1 atom stereocenters. The number of nitrogens with zero attached hydrogens (tertiary/aromatic N) is 4. The average Bonchev–Trinajstić information content (AvgIpc) is 3.40. The van der Waals surface area contributed by atoms with Crippen molar-refractivity contribution in [2.24, 2.45) is 5.92 Å². The first-order valence-electron chi connectivity index (χ1n) is 11.7. The van der Waals surface area contributed by atoms with Crippen LogP contribution in [-0.4, -0.2) is 38.3 Å². The normalized spacial score (nSPS) is 12.2. The fraction of sp³-hybridized carbons (Fsp3) is 0.333. The van der Waals surface area contributed by atoms with E-state index in [1.54, 1.807) is 29.4 Å². The molecular formula is C27H31N5O2S. The van der Waals surface area contributed by atoms with Crippen molar-refractivity contribution >= 4 is 39.9 Å². The van der Waals surface area contributed by atoms with Crippen molar-refractivity contribution in [2.45, 2.75) is 47.2 Å². The molecule has 2 aromatic carbocycles. The van der Waals surface area contributed by atoms with E-state index in [0.717, 1.165) is 27.6 Å². The minimum atomic E-state index is -0.197. The van der Waals surface area contributed by atoms with Gasteiger partial charge in [-0.15, -0.1) is 11.3 Å². The highest BCUT2D eigenvalue weighted by Gasteiger charge is 2.26. The van der Waals surface area contributed by atoms with Gasteiger partial charge in [-0.1, -0.05) is 44.2 Å². The number of aryl methyl sites for hydroxylation is 2. The Kier molecular flexibility index (Phi) is 7.03. The van der Waals surface area contributed by atoms with E-state index < -0.39 is 0 Å². The molecule has 182 valence electrons. The lowest BCUT2D eigenvalue weighted by atomic mass is 10.1. The predicted octanol–water partition coefficient (Wildman–Crippen LogP) is 5.59. The highest BCUT2D eigenvalue weighted by Crippen LogP contribution is 2.30. The Morgan fingerprint density at radius 2 is 1.80 bits per heavy atom. The molecule has 0 fully saturated rings. The van der Waals surface area contributed by atoms with Crippen LogP contribution in [-0.2, 0) is 11.3 Å². The first-order valence-corrected chi connectivity index (χ1v) is 12.6. The molecule has 2 heterocycles. The number of hydrogen-bond donors (Lipinski definition) is 1. The van der Waals surface area contributed by atoms with Gasteiger partial charge in [-0.2, -0.15) is 0 Å². The lowest BCUT2D eigenvalue weighted by Crippen LogP contribution is -2.30.